The van der Waals surface area contributed by atoms with E-state index in [0.717, 1.165) is 12.8 Å². The van der Waals surface area contributed by atoms with Crippen LogP contribution in [0.3, 0.4) is 0 Å². The number of hydrogen-bond acceptors (Lipinski definition) is 3. The molecule has 0 bridgehead atoms. The van der Waals surface area contributed by atoms with Crippen molar-refractivity contribution in [1.82, 2.24) is 5.32 Å². The zero-order valence-electron chi connectivity index (χ0n) is 11.8. The normalized spacial score (nSPS) is 17.1. The van der Waals surface area contributed by atoms with Gasteiger partial charge in [-0.1, -0.05) is 19.1 Å². The lowest BCUT2D eigenvalue weighted by Crippen LogP contribution is -2.35. The van der Waals surface area contributed by atoms with Crippen LogP contribution >= 0.6 is 0 Å². The molecule has 1 aromatic carbocycles. The number of nitrogens with one attached hydrogen (secondary N) is 2. The highest BCUT2D eigenvalue weighted by Crippen LogP contribution is 2.22. The molecule has 0 spiro atoms. The van der Waals surface area contributed by atoms with Gasteiger partial charge in [0.1, 0.15) is 0 Å². The smallest absolute Gasteiger partial charge is 0.253 e. The molecule has 20 heavy (non-hydrogen) atoms. The van der Waals surface area contributed by atoms with Crippen molar-refractivity contribution >= 4 is 17.5 Å². The number of para-hydroxylation sites is 1. The van der Waals surface area contributed by atoms with Crippen molar-refractivity contribution in [2.75, 3.05) is 5.32 Å². The molecule has 0 radical (unpaired) electrons. The first-order valence-corrected chi connectivity index (χ1v) is 6.95. The van der Waals surface area contributed by atoms with E-state index in [-0.39, 0.29) is 29.8 Å². The van der Waals surface area contributed by atoms with Gasteiger partial charge in [0.2, 0.25) is 5.91 Å². The molecule has 2 amide bonds. The summed E-state index contributed by atoms with van der Waals surface area (Å²) in [7, 11) is 0. The summed E-state index contributed by atoms with van der Waals surface area (Å²) in [4.78, 5) is 24.2. The number of rotatable bonds is 5. The molecule has 0 saturated heterocycles. The van der Waals surface area contributed by atoms with E-state index in [0.29, 0.717) is 11.3 Å². The lowest BCUT2D eigenvalue weighted by atomic mass is 10.0. The fraction of sp³-hybridized carbons (Fsp3) is 0.467. The zero-order chi connectivity index (χ0) is 14.7. The summed E-state index contributed by atoms with van der Waals surface area (Å²) in [6, 6.07) is 7.07. The van der Waals surface area contributed by atoms with Crippen LogP contribution in [0, 0.1) is 5.92 Å². The lowest BCUT2D eigenvalue weighted by molar-refractivity contribution is -0.119. The Morgan fingerprint density at radius 3 is 2.50 bits per heavy atom. The number of anilines is 1. The molecule has 2 rings (SSSR count). The Morgan fingerprint density at radius 2 is 1.90 bits per heavy atom. The fourth-order valence-electron chi connectivity index (χ4n) is 1.77. The van der Waals surface area contributed by atoms with E-state index in [9.17, 15) is 9.59 Å². The Labute approximate surface area is 118 Å². The minimum Gasteiger partial charge on any atom is -0.349 e. The molecular formula is C15H21N3O2. The van der Waals surface area contributed by atoms with Gasteiger partial charge >= 0.3 is 0 Å². The number of amides is 2. The maximum atomic E-state index is 12.1. The highest BCUT2D eigenvalue weighted by Gasteiger charge is 2.25. The van der Waals surface area contributed by atoms with Gasteiger partial charge in [0.15, 0.2) is 0 Å². The average molecular weight is 275 g/mol. The van der Waals surface area contributed by atoms with Crippen molar-refractivity contribution in [2.24, 2.45) is 11.7 Å². The summed E-state index contributed by atoms with van der Waals surface area (Å²) in [5.41, 5.74) is 6.74. The van der Waals surface area contributed by atoms with Gasteiger partial charge in [-0.2, -0.15) is 0 Å². The molecule has 4 N–H and O–H groups in total. The van der Waals surface area contributed by atoms with E-state index in [1.807, 2.05) is 0 Å². The Morgan fingerprint density at radius 1 is 1.25 bits per heavy atom. The molecule has 108 valence electrons. The van der Waals surface area contributed by atoms with Gasteiger partial charge in [-0.05, 0) is 31.9 Å². The molecule has 5 heteroatoms. The van der Waals surface area contributed by atoms with Crippen LogP contribution in [0.5, 0.6) is 0 Å². The van der Waals surface area contributed by atoms with Gasteiger partial charge in [-0.3, -0.25) is 9.59 Å². The lowest BCUT2D eigenvalue weighted by Gasteiger charge is -2.17. The Balaban J connectivity index is 2.10. The summed E-state index contributed by atoms with van der Waals surface area (Å²) in [6.07, 6.45) is 2.06. The number of carbonyl (C=O) groups is 2. The Hall–Kier alpha value is -1.88. The van der Waals surface area contributed by atoms with E-state index in [1.54, 1.807) is 38.1 Å². The zero-order valence-corrected chi connectivity index (χ0v) is 11.8. The molecule has 0 aliphatic heterocycles. The number of carbonyl (C=O) groups excluding carboxylic acids is 2. The minimum absolute atomic E-state index is 0.142. The molecule has 1 aliphatic rings. The highest BCUT2D eigenvalue weighted by atomic mass is 16.2. The number of benzene rings is 1. The summed E-state index contributed by atoms with van der Waals surface area (Å²) in [5.74, 6) is -0.627. The maximum Gasteiger partial charge on any atom is 0.253 e. The van der Waals surface area contributed by atoms with E-state index < -0.39 is 0 Å². The van der Waals surface area contributed by atoms with Crippen LogP contribution in [0.25, 0.3) is 0 Å². The standard InChI is InChI=1S/C15H21N3O2/c1-9(10(2)16)14(19)18-13-6-4-3-5-12(13)15(20)17-11-7-8-11/h3-6,9-11H,7-8,16H2,1-2H3,(H,17,20)(H,18,19). The van der Waals surface area contributed by atoms with Gasteiger partial charge in [-0.25, -0.2) is 0 Å². The third kappa shape index (κ3) is 3.57. The summed E-state index contributed by atoms with van der Waals surface area (Å²) >= 11 is 0. The Bertz CT molecular complexity index is 510. The summed E-state index contributed by atoms with van der Waals surface area (Å²) in [5, 5.41) is 5.71. The SMILES string of the molecule is CC(N)C(C)C(=O)Nc1ccccc1C(=O)NC1CC1. The topological polar surface area (TPSA) is 84.2 Å². The largest absolute Gasteiger partial charge is 0.349 e. The molecule has 0 aromatic heterocycles. The fourth-order valence-corrected chi connectivity index (χ4v) is 1.77. The van der Waals surface area contributed by atoms with Gasteiger partial charge in [0.05, 0.1) is 17.2 Å². The van der Waals surface area contributed by atoms with Crippen LogP contribution in [0.2, 0.25) is 0 Å². The van der Waals surface area contributed by atoms with Gasteiger partial charge in [0, 0.05) is 12.1 Å². The summed E-state index contributed by atoms with van der Waals surface area (Å²) in [6.45, 7) is 3.56. The summed E-state index contributed by atoms with van der Waals surface area (Å²) < 4.78 is 0. The van der Waals surface area contributed by atoms with E-state index in [2.05, 4.69) is 10.6 Å². The first kappa shape index (κ1) is 14.5. The van der Waals surface area contributed by atoms with Gasteiger partial charge < -0.3 is 16.4 Å². The van der Waals surface area contributed by atoms with Crippen molar-refractivity contribution in [3.8, 4) is 0 Å². The van der Waals surface area contributed by atoms with Crippen LogP contribution in [0.4, 0.5) is 5.69 Å². The molecule has 5 nitrogen and oxygen atoms in total. The maximum absolute atomic E-state index is 12.1. The number of hydrogen-bond donors (Lipinski definition) is 3. The van der Waals surface area contributed by atoms with Crippen molar-refractivity contribution in [1.29, 1.82) is 0 Å². The third-order valence-electron chi connectivity index (χ3n) is 3.54. The molecule has 0 heterocycles. The first-order valence-electron chi connectivity index (χ1n) is 6.95. The molecule has 1 fully saturated rings. The minimum atomic E-state index is -0.311. The molecule has 1 aromatic rings. The third-order valence-corrected chi connectivity index (χ3v) is 3.54. The van der Waals surface area contributed by atoms with E-state index in [1.165, 1.54) is 0 Å². The van der Waals surface area contributed by atoms with Gasteiger partial charge in [0.25, 0.3) is 5.91 Å². The Kier molecular flexibility index (Phi) is 4.39. The molecule has 1 aliphatic carbocycles. The molecule has 1 saturated carbocycles. The first-order chi connectivity index (χ1) is 9.49. The van der Waals surface area contributed by atoms with Crippen molar-refractivity contribution in [3.05, 3.63) is 29.8 Å². The van der Waals surface area contributed by atoms with Crippen LogP contribution in [0.1, 0.15) is 37.0 Å². The van der Waals surface area contributed by atoms with Crippen LogP contribution in [0.15, 0.2) is 24.3 Å². The van der Waals surface area contributed by atoms with Gasteiger partial charge in [-0.15, -0.1) is 0 Å². The second-order valence-corrected chi connectivity index (χ2v) is 5.43. The molecule has 2 atom stereocenters. The number of nitrogens with two attached hydrogens (primary N) is 1. The van der Waals surface area contributed by atoms with Crippen LogP contribution in [-0.2, 0) is 4.79 Å². The molecular weight excluding hydrogens is 254 g/mol. The van der Waals surface area contributed by atoms with Crippen molar-refractivity contribution in [3.63, 3.8) is 0 Å². The molecule has 2 unspecified atom stereocenters. The van der Waals surface area contributed by atoms with Crippen molar-refractivity contribution < 1.29 is 9.59 Å². The van der Waals surface area contributed by atoms with E-state index >= 15 is 0 Å². The average Bonchev–Trinajstić information content (AvgIpc) is 3.22. The quantitative estimate of drug-likeness (QED) is 0.761. The second kappa shape index (κ2) is 6.05. The monoisotopic (exact) mass is 275 g/mol. The van der Waals surface area contributed by atoms with Crippen LogP contribution in [-0.4, -0.2) is 23.9 Å². The van der Waals surface area contributed by atoms with Crippen molar-refractivity contribution in [2.45, 2.75) is 38.8 Å². The predicted molar refractivity (Wildman–Crippen MR) is 78.4 cm³/mol. The van der Waals surface area contributed by atoms with E-state index in [4.69, 9.17) is 5.73 Å². The predicted octanol–water partition coefficient (Wildman–Crippen LogP) is 1.50. The second-order valence-electron chi connectivity index (χ2n) is 5.43. The van der Waals surface area contributed by atoms with Crippen LogP contribution < -0.4 is 16.4 Å². The highest BCUT2D eigenvalue weighted by molar-refractivity contribution is 6.04.